The number of aromatic nitrogens is 3. The van der Waals surface area contributed by atoms with Gasteiger partial charge in [-0.05, 0) is 30.7 Å². The van der Waals surface area contributed by atoms with Gasteiger partial charge in [0.25, 0.3) is 0 Å². The van der Waals surface area contributed by atoms with Gasteiger partial charge in [0.05, 0.1) is 0 Å². The lowest BCUT2D eigenvalue weighted by atomic mass is 10.3. The Labute approximate surface area is 100 Å². The molecule has 0 aliphatic heterocycles. The van der Waals surface area contributed by atoms with Crippen molar-refractivity contribution in [2.24, 2.45) is 0 Å². The van der Waals surface area contributed by atoms with Crippen LogP contribution in [0.5, 0.6) is 11.6 Å². The van der Waals surface area contributed by atoms with E-state index >= 15 is 0 Å². The molecule has 0 atom stereocenters. The molecule has 2 rings (SSSR count). The van der Waals surface area contributed by atoms with Crippen molar-refractivity contribution in [1.82, 2.24) is 15.0 Å². The summed E-state index contributed by atoms with van der Waals surface area (Å²) in [6.45, 7) is 2.90. The first-order chi connectivity index (χ1) is 8.33. The lowest BCUT2D eigenvalue weighted by Crippen LogP contribution is -2.01. The number of aryl methyl sites for hydroxylation is 1. The molecule has 90 valence electrons. The third kappa shape index (κ3) is 2.75. The van der Waals surface area contributed by atoms with Gasteiger partial charge < -0.3 is 10.1 Å². The topological polar surface area (TPSA) is 52.0 Å². The molecule has 1 heterocycles. The predicted molar refractivity (Wildman–Crippen MR) is 66.4 cm³/mol. The number of hydrogen-bond acceptors (Lipinski definition) is 4. The van der Waals surface area contributed by atoms with Gasteiger partial charge >= 0.3 is 0 Å². The Balaban J connectivity index is 2.10. The molecule has 5 heteroatoms. The largest absolute Gasteiger partial charge is 0.438 e. The van der Waals surface area contributed by atoms with Crippen LogP contribution >= 0.6 is 0 Å². The van der Waals surface area contributed by atoms with E-state index in [9.17, 15) is 0 Å². The van der Waals surface area contributed by atoms with Gasteiger partial charge in [0.1, 0.15) is 11.9 Å². The number of benzene rings is 1. The van der Waals surface area contributed by atoms with Gasteiger partial charge in [0.15, 0.2) is 0 Å². The van der Waals surface area contributed by atoms with Crippen molar-refractivity contribution in [2.75, 3.05) is 12.4 Å². The van der Waals surface area contributed by atoms with Crippen LogP contribution in [0.4, 0.5) is 5.69 Å². The van der Waals surface area contributed by atoms with Crippen LogP contribution in [0.3, 0.4) is 0 Å². The molecule has 0 fully saturated rings. The van der Waals surface area contributed by atoms with Crippen LogP contribution in [0, 0.1) is 0 Å². The SMILES string of the molecule is CCCn1nncc1Oc1ccc(NC)cc1. The minimum atomic E-state index is 0.670. The summed E-state index contributed by atoms with van der Waals surface area (Å²) in [4.78, 5) is 0. The van der Waals surface area contributed by atoms with Gasteiger partial charge in [-0.1, -0.05) is 12.1 Å². The van der Waals surface area contributed by atoms with Gasteiger partial charge in [0.2, 0.25) is 5.88 Å². The molecule has 0 bridgehead atoms. The van der Waals surface area contributed by atoms with Gasteiger partial charge in [-0.2, -0.15) is 0 Å². The normalized spacial score (nSPS) is 10.2. The number of rotatable bonds is 5. The first-order valence-corrected chi connectivity index (χ1v) is 5.67. The fourth-order valence-corrected chi connectivity index (χ4v) is 1.50. The third-order valence-electron chi connectivity index (χ3n) is 2.38. The number of ether oxygens (including phenoxy) is 1. The van der Waals surface area contributed by atoms with Crippen molar-refractivity contribution in [3.05, 3.63) is 30.5 Å². The first-order valence-electron chi connectivity index (χ1n) is 5.67. The highest BCUT2D eigenvalue weighted by molar-refractivity contribution is 5.46. The van der Waals surface area contributed by atoms with Crippen LogP contribution in [0.15, 0.2) is 30.5 Å². The van der Waals surface area contributed by atoms with Crippen LogP contribution in [-0.4, -0.2) is 22.0 Å². The minimum absolute atomic E-state index is 0.670. The maximum Gasteiger partial charge on any atom is 0.238 e. The van der Waals surface area contributed by atoms with E-state index in [1.165, 1.54) is 0 Å². The van der Waals surface area contributed by atoms with Crippen LogP contribution < -0.4 is 10.1 Å². The van der Waals surface area contributed by atoms with Crippen LogP contribution in [0.2, 0.25) is 0 Å². The van der Waals surface area contributed by atoms with Gasteiger partial charge in [0, 0.05) is 19.3 Å². The smallest absolute Gasteiger partial charge is 0.238 e. The summed E-state index contributed by atoms with van der Waals surface area (Å²) >= 11 is 0. The maximum atomic E-state index is 5.71. The first kappa shape index (κ1) is 11.4. The Hall–Kier alpha value is -2.04. The maximum absolute atomic E-state index is 5.71. The molecule has 0 aliphatic rings. The van der Waals surface area contributed by atoms with Gasteiger partial charge in [-0.15, -0.1) is 5.10 Å². The zero-order valence-electron chi connectivity index (χ0n) is 10.1. The highest BCUT2D eigenvalue weighted by Gasteiger charge is 2.05. The van der Waals surface area contributed by atoms with E-state index < -0.39 is 0 Å². The summed E-state index contributed by atoms with van der Waals surface area (Å²) in [5.74, 6) is 1.45. The Kier molecular flexibility index (Phi) is 3.59. The van der Waals surface area contributed by atoms with Crippen molar-refractivity contribution in [3.8, 4) is 11.6 Å². The highest BCUT2D eigenvalue weighted by Crippen LogP contribution is 2.22. The number of nitrogens with zero attached hydrogens (tertiary/aromatic N) is 3. The van der Waals surface area contributed by atoms with Crippen molar-refractivity contribution < 1.29 is 4.74 Å². The lowest BCUT2D eigenvalue weighted by Gasteiger charge is -2.07. The summed E-state index contributed by atoms with van der Waals surface area (Å²) in [6, 6.07) is 7.75. The molecule has 0 aliphatic carbocycles. The van der Waals surface area contributed by atoms with Gasteiger partial charge in [-0.3, -0.25) is 0 Å². The molecule has 17 heavy (non-hydrogen) atoms. The zero-order chi connectivity index (χ0) is 12.1. The summed E-state index contributed by atoms with van der Waals surface area (Å²) in [5.41, 5.74) is 1.05. The number of hydrogen-bond donors (Lipinski definition) is 1. The highest BCUT2D eigenvalue weighted by atomic mass is 16.5. The Bertz CT molecular complexity index is 464. The van der Waals surface area contributed by atoms with E-state index in [1.54, 1.807) is 10.9 Å². The van der Waals surface area contributed by atoms with Crippen LogP contribution in [0.1, 0.15) is 13.3 Å². The quantitative estimate of drug-likeness (QED) is 0.860. The summed E-state index contributed by atoms with van der Waals surface area (Å²) in [7, 11) is 1.89. The zero-order valence-corrected chi connectivity index (χ0v) is 10.1. The monoisotopic (exact) mass is 232 g/mol. The second-order valence-electron chi connectivity index (χ2n) is 3.67. The molecule has 5 nitrogen and oxygen atoms in total. The van der Waals surface area contributed by atoms with Crippen molar-refractivity contribution in [1.29, 1.82) is 0 Å². The number of anilines is 1. The van der Waals surface area contributed by atoms with E-state index in [4.69, 9.17) is 4.74 Å². The molecule has 2 aromatic rings. The van der Waals surface area contributed by atoms with Crippen LogP contribution in [-0.2, 0) is 6.54 Å². The second-order valence-corrected chi connectivity index (χ2v) is 3.67. The summed E-state index contributed by atoms with van der Waals surface area (Å²) in [6.07, 6.45) is 2.63. The van der Waals surface area contributed by atoms with Crippen molar-refractivity contribution >= 4 is 5.69 Å². The second kappa shape index (κ2) is 5.34. The standard InChI is InChI=1S/C12H16N4O/c1-3-8-16-12(9-14-15-16)17-11-6-4-10(13-2)5-7-11/h4-7,9,13H,3,8H2,1-2H3. The molecule has 1 N–H and O–H groups in total. The minimum Gasteiger partial charge on any atom is -0.438 e. The van der Waals surface area contributed by atoms with Gasteiger partial charge in [-0.25, -0.2) is 4.68 Å². The Morgan fingerprint density at radius 3 is 2.71 bits per heavy atom. The fourth-order valence-electron chi connectivity index (χ4n) is 1.50. The van der Waals surface area contributed by atoms with E-state index in [-0.39, 0.29) is 0 Å². The fraction of sp³-hybridized carbons (Fsp3) is 0.333. The molecular weight excluding hydrogens is 216 g/mol. The van der Waals surface area contributed by atoms with E-state index in [2.05, 4.69) is 22.6 Å². The van der Waals surface area contributed by atoms with E-state index in [0.29, 0.717) is 5.88 Å². The number of nitrogens with one attached hydrogen (secondary N) is 1. The average Bonchev–Trinajstić information content (AvgIpc) is 2.78. The Morgan fingerprint density at radius 1 is 1.29 bits per heavy atom. The molecule has 1 aromatic carbocycles. The molecular formula is C12H16N4O. The van der Waals surface area contributed by atoms with Crippen molar-refractivity contribution in [2.45, 2.75) is 19.9 Å². The molecule has 0 radical (unpaired) electrons. The summed E-state index contributed by atoms with van der Waals surface area (Å²) in [5, 5.41) is 10.9. The van der Waals surface area contributed by atoms with E-state index in [1.807, 2.05) is 31.3 Å². The lowest BCUT2D eigenvalue weighted by molar-refractivity contribution is 0.407. The molecule has 0 amide bonds. The molecule has 0 saturated heterocycles. The van der Waals surface area contributed by atoms with Crippen molar-refractivity contribution in [3.63, 3.8) is 0 Å². The van der Waals surface area contributed by atoms with Crippen LogP contribution in [0.25, 0.3) is 0 Å². The molecule has 1 aromatic heterocycles. The summed E-state index contributed by atoms with van der Waals surface area (Å²) < 4.78 is 7.47. The average molecular weight is 232 g/mol. The van der Waals surface area contributed by atoms with E-state index in [0.717, 1.165) is 24.4 Å². The Morgan fingerprint density at radius 2 is 2.06 bits per heavy atom. The predicted octanol–water partition coefficient (Wildman–Crippen LogP) is 2.52. The molecule has 0 spiro atoms. The molecule has 0 saturated carbocycles. The molecule has 0 unspecified atom stereocenters. The third-order valence-corrected chi connectivity index (χ3v) is 2.38.